The van der Waals surface area contributed by atoms with Crippen LogP contribution in [0.4, 0.5) is 0 Å². The van der Waals surface area contributed by atoms with E-state index in [1.807, 2.05) is 30.3 Å². The smallest absolute Gasteiger partial charge is 0.355 e. The van der Waals surface area contributed by atoms with E-state index in [0.29, 0.717) is 11.1 Å². The average Bonchev–Trinajstić information content (AvgIpc) is 3.33. The zero-order valence-electron chi connectivity index (χ0n) is 16.8. The largest absolute Gasteiger partial charge is 0.463 e. The highest BCUT2D eigenvalue weighted by Crippen LogP contribution is 2.22. The lowest BCUT2D eigenvalue weighted by molar-refractivity contribution is -0.157. The molecule has 0 fully saturated rings. The molecule has 0 aliphatic carbocycles. The van der Waals surface area contributed by atoms with Crippen LogP contribution in [0.15, 0.2) is 53.1 Å². The van der Waals surface area contributed by atoms with E-state index in [2.05, 4.69) is 0 Å². The molecule has 3 rings (SSSR count). The number of furan rings is 1. The van der Waals surface area contributed by atoms with Crippen molar-refractivity contribution in [2.24, 2.45) is 5.92 Å². The molecule has 0 aliphatic heterocycles. The molecule has 0 aliphatic rings. The molecule has 8 heteroatoms. The second kappa shape index (κ2) is 9.78. The van der Waals surface area contributed by atoms with Gasteiger partial charge in [0.2, 0.25) is 0 Å². The Labute approximate surface area is 173 Å². The fraction of sp³-hybridized carbons (Fsp3) is 0.318. The van der Waals surface area contributed by atoms with Crippen molar-refractivity contribution in [3.8, 4) is 0 Å². The van der Waals surface area contributed by atoms with E-state index in [4.69, 9.17) is 18.6 Å². The van der Waals surface area contributed by atoms with Crippen molar-refractivity contribution in [2.75, 3.05) is 6.61 Å². The summed E-state index contributed by atoms with van der Waals surface area (Å²) in [5.74, 6) is -2.31. The minimum Gasteiger partial charge on any atom is -0.463 e. The van der Waals surface area contributed by atoms with Crippen LogP contribution in [-0.2, 0) is 37.1 Å². The number of rotatable bonds is 9. The molecule has 0 saturated carbocycles. The van der Waals surface area contributed by atoms with E-state index in [0.717, 1.165) is 5.56 Å². The number of carbonyl (C=O) groups is 3. The van der Waals surface area contributed by atoms with Gasteiger partial charge in [-0.1, -0.05) is 37.3 Å². The number of hydrogen-bond donors (Lipinski definition) is 0. The summed E-state index contributed by atoms with van der Waals surface area (Å²) in [6, 6.07) is 12.5. The third-order valence-electron chi connectivity index (χ3n) is 4.46. The zero-order chi connectivity index (χ0) is 21.5. The standard InChI is InChI=1S/C22H23NO7/c1-3-27-22(26)18-12-19-17(9-10-28-19)23(18)14-30-21(25)15(2)11-20(24)29-13-16-7-5-4-6-8-16/h4-10,12,15H,3,11,13-14H2,1-2H3. The Morgan fingerprint density at radius 3 is 2.57 bits per heavy atom. The SMILES string of the molecule is CCOC(=O)c1cc2occc2n1COC(=O)C(C)CC(=O)OCc1ccccc1. The molecule has 0 bridgehead atoms. The molecule has 8 nitrogen and oxygen atoms in total. The second-order valence-electron chi connectivity index (χ2n) is 6.69. The van der Waals surface area contributed by atoms with Crippen molar-refractivity contribution < 1.29 is 33.0 Å². The second-order valence-corrected chi connectivity index (χ2v) is 6.69. The number of hydrogen-bond acceptors (Lipinski definition) is 7. The molecule has 2 heterocycles. The van der Waals surface area contributed by atoms with Gasteiger partial charge in [0.05, 0.1) is 30.7 Å². The number of carbonyl (C=O) groups excluding carboxylic acids is 3. The van der Waals surface area contributed by atoms with Gasteiger partial charge in [-0.25, -0.2) is 4.79 Å². The average molecular weight is 413 g/mol. The maximum atomic E-state index is 12.3. The Bertz CT molecular complexity index is 1020. The third-order valence-corrected chi connectivity index (χ3v) is 4.46. The Morgan fingerprint density at radius 1 is 1.07 bits per heavy atom. The zero-order valence-corrected chi connectivity index (χ0v) is 16.8. The van der Waals surface area contributed by atoms with Crippen LogP contribution in [-0.4, -0.2) is 29.1 Å². The number of nitrogens with zero attached hydrogens (tertiary/aromatic N) is 1. The fourth-order valence-corrected chi connectivity index (χ4v) is 2.89. The highest BCUT2D eigenvalue weighted by Gasteiger charge is 2.22. The minimum absolute atomic E-state index is 0.108. The van der Waals surface area contributed by atoms with Gasteiger partial charge in [0.15, 0.2) is 12.3 Å². The summed E-state index contributed by atoms with van der Waals surface area (Å²) in [6.45, 7) is 3.44. The molecule has 0 amide bonds. The molecule has 3 aromatic rings. The first-order valence-corrected chi connectivity index (χ1v) is 9.59. The summed E-state index contributed by atoms with van der Waals surface area (Å²) in [4.78, 5) is 36.5. The topological polar surface area (TPSA) is 97.0 Å². The Hall–Kier alpha value is -3.55. The molecule has 1 aromatic carbocycles. The summed E-state index contributed by atoms with van der Waals surface area (Å²) in [6.07, 6.45) is 1.37. The van der Waals surface area contributed by atoms with Crippen molar-refractivity contribution in [3.05, 3.63) is 60.0 Å². The third kappa shape index (κ3) is 5.08. The molecule has 0 saturated heterocycles. The molecule has 2 aromatic heterocycles. The minimum atomic E-state index is -0.699. The molecular weight excluding hydrogens is 390 g/mol. The first-order valence-electron chi connectivity index (χ1n) is 9.59. The number of fused-ring (bicyclic) bond motifs is 1. The van der Waals surface area contributed by atoms with Crippen LogP contribution in [0.2, 0.25) is 0 Å². The van der Waals surface area contributed by atoms with Crippen molar-refractivity contribution in [2.45, 2.75) is 33.6 Å². The van der Waals surface area contributed by atoms with Gasteiger partial charge >= 0.3 is 17.9 Å². The molecule has 30 heavy (non-hydrogen) atoms. The van der Waals surface area contributed by atoms with Gasteiger partial charge in [-0.05, 0) is 12.5 Å². The highest BCUT2D eigenvalue weighted by molar-refractivity contribution is 5.94. The Kier molecular flexibility index (Phi) is 6.90. The number of aromatic nitrogens is 1. The van der Waals surface area contributed by atoms with Gasteiger partial charge in [-0.3, -0.25) is 14.2 Å². The first kappa shape index (κ1) is 21.2. The monoisotopic (exact) mass is 413 g/mol. The van der Waals surface area contributed by atoms with E-state index >= 15 is 0 Å². The van der Waals surface area contributed by atoms with Gasteiger partial charge in [-0.15, -0.1) is 0 Å². The van der Waals surface area contributed by atoms with Gasteiger partial charge in [0.1, 0.15) is 12.3 Å². The maximum absolute atomic E-state index is 12.3. The summed E-state index contributed by atoms with van der Waals surface area (Å²) in [5.41, 5.74) is 2.16. The summed E-state index contributed by atoms with van der Waals surface area (Å²) in [7, 11) is 0. The van der Waals surface area contributed by atoms with Crippen LogP contribution >= 0.6 is 0 Å². The van der Waals surface area contributed by atoms with E-state index in [1.54, 1.807) is 19.9 Å². The Balaban J connectivity index is 1.56. The van der Waals surface area contributed by atoms with Crippen LogP contribution in [0.3, 0.4) is 0 Å². The predicted molar refractivity (Wildman–Crippen MR) is 106 cm³/mol. The predicted octanol–water partition coefficient (Wildman–Crippen LogP) is 3.68. The van der Waals surface area contributed by atoms with Gasteiger partial charge in [-0.2, -0.15) is 0 Å². The van der Waals surface area contributed by atoms with Crippen LogP contribution < -0.4 is 0 Å². The van der Waals surface area contributed by atoms with Crippen LogP contribution in [0.5, 0.6) is 0 Å². The van der Waals surface area contributed by atoms with Crippen LogP contribution in [0.25, 0.3) is 11.1 Å². The fourth-order valence-electron chi connectivity index (χ4n) is 2.89. The molecule has 0 radical (unpaired) electrons. The lowest BCUT2D eigenvalue weighted by Crippen LogP contribution is -2.22. The molecule has 0 spiro atoms. The van der Waals surface area contributed by atoms with E-state index in [-0.39, 0.29) is 32.1 Å². The molecule has 1 unspecified atom stereocenters. The van der Waals surface area contributed by atoms with Gasteiger partial charge in [0.25, 0.3) is 0 Å². The first-order chi connectivity index (χ1) is 14.5. The highest BCUT2D eigenvalue weighted by atomic mass is 16.6. The van der Waals surface area contributed by atoms with E-state index in [9.17, 15) is 14.4 Å². The quantitative estimate of drug-likeness (QED) is 0.390. The van der Waals surface area contributed by atoms with E-state index in [1.165, 1.54) is 16.9 Å². The number of ether oxygens (including phenoxy) is 3. The number of esters is 3. The van der Waals surface area contributed by atoms with Crippen molar-refractivity contribution in [1.82, 2.24) is 4.57 Å². The Morgan fingerprint density at radius 2 is 1.83 bits per heavy atom. The van der Waals surface area contributed by atoms with Crippen LogP contribution in [0.1, 0.15) is 36.3 Å². The lowest BCUT2D eigenvalue weighted by atomic mass is 10.1. The van der Waals surface area contributed by atoms with Crippen molar-refractivity contribution >= 4 is 29.0 Å². The molecule has 1 atom stereocenters. The van der Waals surface area contributed by atoms with Gasteiger partial charge < -0.3 is 18.6 Å². The summed E-state index contributed by atoms with van der Waals surface area (Å²) < 4.78 is 22.4. The van der Waals surface area contributed by atoms with Crippen molar-refractivity contribution in [3.63, 3.8) is 0 Å². The number of benzene rings is 1. The molecule has 158 valence electrons. The lowest BCUT2D eigenvalue weighted by Gasteiger charge is -2.13. The molecule has 0 N–H and O–H groups in total. The van der Waals surface area contributed by atoms with E-state index < -0.39 is 23.8 Å². The summed E-state index contributed by atoms with van der Waals surface area (Å²) >= 11 is 0. The van der Waals surface area contributed by atoms with Crippen molar-refractivity contribution in [1.29, 1.82) is 0 Å². The maximum Gasteiger partial charge on any atom is 0.355 e. The normalized spacial score (nSPS) is 11.8. The van der Waals surface area contributed by atoms with Gasteiger partial charge in [0, 0.05) is 12.1 Å². The summed E-state index contributed by atoms with van der Waals surface area (Å²) in [5, 5.41) is 0. The van der Waals surface area contributed by atoms with Crippen LogP contribution in [0, 0.1) is 5.92 Å². The molecular formula is C22H23NO7.